The van der Waals surface area contributed by atoms with E-state index in [0.717, 1.165) is 10.2 Å². The number of carbonyl (C=O) groups excluding carboxylic acids is 2. The van der Waals surface area contributed by atoms with Crippen molar-refractivity contribution < 1.29 is 14.0 Å². The molecule has 0 saturated carbocycles. The van der Waals surface area contributed by atoms with E-state index in [1.165, 1.54) is 44.2 Å². The molecule has 0 aliphatic rings. The van der Waals surface area contributed by atoms with Gasteiger partial charge in [-0.3, -0.25) is 14.4 Å². The number of aromatic nitrogens is 2. The van der Waals surface area contributed by atoms with Crippen molar-refractivity contribution in [3.05, 3.63) is 76.8 Å². The van der Waals surface area contributed by atoms with E-state index in [9.17, 15) is 18.8 Å². The number of amides is 2. The molecule has 0 bridgehead atoms. The summed E-state index contributed by atoms with van der Waals surface area (Å²) in [7, 11) is 0. The maximum atomic E-state index is 13.1. The molecule has 3 rings (SSSR count). The molecule has 1 atom stereocenters. The average Bonchev–Trinajstić information content (AvgIpc) is 2.71. The Balaban J connectivity index is 1.99. The molecule has 0 radical (unpaired) electrons. The van der Waals surface area contributed by atoms with Gasteiger partial charge in [0.15, 0.2) is 0 Å². The van der Waals surface area contributed by atoms with Crippen LogP contribution in [0.15, 0.2) is 65.5 Å². The Kier molecular flexibility index (Phi) is 5.82. The normalized spacial score (nSPS) is 11.6. The molecule has 2 aromatic carbocycles. The molecule has 0 fully saturated rings. The van der Waals surface area contributed by atoms with Crippen molar-refractivity contribution in [2.24, 2.45) is 0 Å². The van der Waals surface area contributed by atoms with Crippen LogP contribution in [0.2, 0.25) is 0 Å². The van der Waals surface area contributed by atoms with Crippen LogP contribution in [-0.4, -0.2) is 21.6 Å². The molecule has 2 N–H and O–H groups in total. The van der Waals surface area contributed by atoms with Crippen LogP contribution in [0.25, 0.3) is 11.3 Å². The summed E-state index contributed by atoms with van der Waals surface area (Å²) >= 11 is 0. The minimum atomic E-state index is -0.983. The van der Waals surface area contributed by atoms with Gasteiger partial charge in [0.25, 0.3) is 5.56 Å². The zero-order chi connectivity index (χ0) is 21.0. The molecular weight excluding hydrogens is 375 g/mol. The number of nitrogens with one attached hydrogen (secondary N) is 2. The van der Waals surface area contributed by atoms with E-state index in [-0.39, 0.29) is 5.69 Å². The summed E-state index contributed by atoms with van der Waals surface area (Å²) in [6.07, 6.45) is 0. The molecule has 0 aliphatic carbocycles. The highest BCUT2D eigenvalue weighted by molar-refractivity contribution is 5.93. The topological polar surface area (TPSA) is 93.1 Å². The lowest BCUT2D eigenvalue weighted by atomic mass is 10.1. The van der Waals surface area contributed by atoms with Crippen LogP contribution in [0.3, 0.4) is 0 Å². The Labute approximate surface area is 166 Å². The average molecular weight is 394 g/mol. The van der Waals surface area contributed by atoms with Gasteiger partial charge in [-0.2, -0.15) is 5.10 Å². The Morgan fingerprint density at radius 3 is 2.31 bits per heavy atom. The van der Waals surface area contributed by atoms with Gasteiger partial charge in [-0.1, -0.05) is 30.3 Å². The molecule has 0 aliphatic heterocycles. The fourth-order valence-electron chi connectivity index (χ4n) is 2.69. The molecule has 0 saturated heterocycles. The van der Waals surface area contributed by atoms with Crippen LogP contribution in [0.5, 0.6) is 0 Å². The van der Waals surface area contributed by atoms with Crippen molar-refractivity contribution >= 4 is 23.2 Å². The predicted octanol–water partition coefficient (Wildman–Crippen LogP) is 3.21. The van der Waals surface area contributed by atoms with E-state index >= 15 is 0 Å². The molecule has 1 aromatic heterocycles. The minimum absolute atomic E-state index is 0.0211. The van der Waals surface area contributed by atoms with Crippen molar-refractivity contribution in [2.45, 2.75) is 19.9 Å². The Morgan fingerprint density at radius 1 is 1.03 bits per heavy atom. The summed E-state index contributed by atoms with van der Waals surface area (Å²) in [5, 5.41) is 9.43. The smallest absolute Gasteiger partial charge is 0.291 e. The standard InChI is InChI=1S/C21H19FN4O3/c1-13(20(28)24-17-10-8-16(22)9-11-17)26-21(29)19(23-14(2)27)12-18(25-26)15-6-4-3-5-7-15/h3-13H,1-2H3,(H,23,27)(H,24,28). The summed E-state index contributed by atoms with van der Waals surface area (Å²) in [6, 6.07) is 14.8. The molecular formula is C21H19FN4O3. The van der Waals surface area contributed by atoms with Gasteiger partial charge in [0, 0.05) is 18.2 Å². The summed E-state index contributed by atoms with van der Waals surface area (Å²) in [5.74, 6) is -1.35. The second-order valence-electron chi connectivity index (χ2n) is 6.41. The molecule has 1 unspecified atom stereocenters. The molecule has 0 spiro atoms. The third-order valence-corrected chi connectivity index (χ3v) is 4.17. The summed E-state index contributed by atoms with van der Waals surface area (Å²) in [6.45, 7) is 2.80. The number of hydrogen-bond acceptors (Lipinski definition) is 4. The molecule has 3 aromatic rings. The maximum Gasteiger partial charge on any atom is 0.291 e. The first-order valence-corrected chi connectivity index (χ1v) is 8.88. The first-order chi connectivity index (χ1) is 13.8. The monoisotopic (exact) mass is 394 g/mol. The largest absolute Gasteiger partial charge is 0.324 e. The van der Waals surface area contributed by atoms with E-state index in [1.807, 2.05) is 18.2 Å². The highest BCUT2D eigenvalue weighted by Gasteiger charge is 2.21. The van der Waals surface area contributed by atoms with E-state index < -0.39 is 29.2 Å². The summed E-state index contributed by atoms with van der Waals surface area (Å²) < 4.78 is 14.1. The van der Waals surface area contributed by atoms with Gasteiger partial charge in [0.1, 0.15) is 17.5 Å². The lowest BCUT2D eigenvalue weighted by Crippen LogP contribution is -2.35. The molecule has 148 valence electrons. The van der Waals surface area contributed by atoms with Crippen molar-refractivity contribution in [1.82, 2.24) is 9.78 Å². The quantitative estimate of drug-likeness (QED) is 0.695. The van der Waals surface area contributed by atoms with Crippen molar-refractivity contribution in [1.29, 1.82) is 0 Å². The Morgan fingerprint density at radius 2 is 1.69 bits per heavy atom. The van der Waals surface area contributed by atoms with E-state index in [2.05, 4.69) is 15.7 Å². The number of benzene rings is 2. The number of halogens is 1. The van der Waals surface area contributed by atoms with Crippen LogP contribution >= 0.6 is 0 Å². The van der Waals surface area contributed by atoms with Crippen LogP contribution in [0, 0.1) is 5.82 Å². The van der Waals surface area contributed by atoms with E-state index in [1.54, 1.807) is 12.1 Å². The number of carbonyl (C=O) groups is 2. The Bertz CT molecular complexity index is 1100. The maximum absolute atomic E-state index is 13.1. The fourth-order valence-corrected chi connectivity index (χ4v) is 2.69. The minimum Gasteiger partial charge on any atom is -0.324 e. The van der Waals surface area contributed by atoms with E-state index in [0.29, 0.717) is 11.4 Å². The zero-order valence-corrected chi connectivity index (χ0v) is 15.8. The number of anilines is 2. The molecule has 29 heavy (non-hydrogen) atoms. The molecule has 2 amide bonds. The third kappa shape index (κ3) is 4.73. The molecule has 1 heterocycles. The highest BCUT2D eigenvalue weighted by atomic mass is 19.1. The molecule has 8 heteroatoms. The van der Waals surface area contributed by atoms with Gasteiger partial charge in [0.2, 0.25) is 11.8 Å². The summed E-state index contributed by atoms with van der Waals surface area (Å²) in [4.78, 5) is 36.9. The number of hydrogen-bond donors (Lipinski definition) is 2. The van der Waals surface area contributed by atoms with Gasteiger partial charge in [0.05, 0.1) is 5.69 Å². The zero-order valence-electron chi connectivity index (χ0n) is 15.8. The van der Waals surface area contributed by atoms with Crippen LogP contribution < -0.4 is 16.2 Å². The van der Waals surface area contributed by atoms with Crippen LogP contribution in [-0.2, 0) is 9.59 Å². The number of rotatable bonds is 5. The lowest BCUT2D eigenvalue weighted by molar-refractivity contribution is -0.119. The van der Waals surface area contributed by atoms with Crippen LogP contribution in [0.1, 0.15) is 19.9 Å². The predicted molar refractivity (Wildman–Crippen MR) is 108 cm³/mol. The SMILES string of the molecule is CC(=O)Nc1cc(-c2ccccc2)nn(C(C)C(=O)Nc2ccc(F)cc2)c1=O. The second-order valence-corrected chi connectivity index (χ2v) is 6.41. The van der Waals surface area contributed by atoms with Crippen molar-refractivity contribution in [3.63, 3.8) is 0 Å². The second kappa shape index (κ2) is 8.47. The van der Waals surface area contributed by atoms with Gasteiger partial charge >= 0.3 is 0 Å². The molecule has 7 nitrogen and oxygen atoms in total. The lowest BCUT2D eigenvalue weighted by Gasteiger charge is -2.17. The van der Waals surface area contributed by atoms with Gasteiger partial charge in [-0.05, 0) is 37.3 Å². The van der Waals surface area contributed by atoms with E-state index in [4.69, 9.17) is 0 Å². The fraction of sp³-hybridized carbons (Fsp3) is 0.143. The van der Waals surface area contributed by atoms with Crippen molar-refractivity contribution in [2.75, 3.05) is 10.6 Å². The first kappa shape index (κ1) is 19.9. The number of nitrogens with zero attached hydrogens (tertiary/aromatic N) is 2. The highest BCUT2D eigenvalue weighted by Crippen LogP contribution is 2.19. The van der Waals surface area contributed by atoms with Gasteiger partial charge < -0.3 is 10.6 Å². The van der Waals surface area contributed by atoms with Crippen molar-refractivity contribution in [3.8, 4) is 11.3 Å². The Hall–Kier alpha value is -3.81. The third-order valence-electron chi connectivity index (χ3n) is 4.17. The van der Waals surface area contributed by atoms with Gasteiger partial charge in [-0.25, -0.2) is 9.07 Å². The van der Waals surface area contributed by atoms with Crippen LogP contribution in [0.4, 0.5) is 15.8 Å². The summed E-state index contributed by atoms with van der Waals surface area (Å²) in [5.41, 5.74) is 0.946. The first-order valence-electron chi connectivity index (χ1n) is 8.88. The van der Waals surface area contributed by atoms with Gasteiger partial charge in [-0.15, -0.1) is 0 Å².